The molecule has 3 N–H and O–H groups in total. The smallest absolute Gasteiger partial charge is 0.188 e. The van der Waals surface area contributed by atoms with Gasteiger partial charge < -0.3 is 34.6 Å². The second-order valence-corrected chi connectivity index (χ2v) is 15.8. The number of aliphatic hydroxyl groups is 2. The number of hydrogen-bond acceptors (Lipinski definition) is 8. The summed E-state index contributed by atoms with van der Waals surface area (Å²) in [5, 5.41) is 33.9. The van der Waals surface area contributed by atoms with Crippen LogP contribution in [-0.2, 0) is 19.6 Å². The lowest BCUT2D eigenvalue weighted by Gasteiger charge is -2.29. The van der Waals surface area contributed by atoms with E-state index in [1.165, 1.54) is 11.1 Å². The predicted octanol–water partition coefficient (Wildman–Crippen LogP) is 9.00. The maximum atomic E-state index is 10.6. The van der Waals surface area contributed by atoms with Crippen LogP contribution in [0.4, 0.5) is 5.69 Å². The van der Waals surface area contributed by atoms with Crippen molar-refractivity contribution in [2.75, 3.05) is 26.2 Å². The highest BCUT2D eigenvalue weighted by molar-refractivity contribution is 6.32. The predicted molar refractivity (Wildman–Crippen MR) is 218 cm³/mol. The van der Waals surface area contributed by atoms with Gasteiger partial charge in [-0.2, -0.15) is 5.26 Å². The number of rotatable bonds is 14. The van der Waals surface area contributed by atoms with E-state index in [1.807, 2.05) is 18.2 Å². The minimum Gasteiger partial charge on any atom is -0.493 e. The molecule has 56 heavy (non-hydrogen) atoms. The highest BCUT2D eigenvalue weighted by Gasteiger charge is 2.29. The van der Waals surface area contributed by atoms with E-state index in [4.69, 9.17) is 32.4 Å². The van der Waals surface area contributed by atoms with Crippen LogP contribution in [-0.4, -0.2) is 59.6 Å². The monoisotopic (exact) mass is 774 g/mol. The van der Waals surface area contributed by atoms with Gasteiger partial charge in [-0.15, -0.1) is 0 Å². The van der Waals surface area contributed by atoms with E-state index in [9.17, 15) is 15.5 Å². The molecule has 1 unspecified atom stereocenters. The lowest BCUT2D eigenvalue weighted by atomic mass is 9.92. The molecule has 292 valence electrons. The van der Waals surface area contributed by atoms with Crippen LogP contribution in [0.15, 0.2) is 66.7 Å². The Morgan fingerprint density at radius 2 is 1.73 bits per heavy atom. The molecular weight excluding hydrogens is 724 g/mol. The van der Waals surface area contributed by atoms with Crippen LogP contribution in [0.25, 0.3) is 16.0 Å². The van der Waals surface area contributed by atoms with E-state index in [-0.39, 0.29) is 24.9 Å². The molecule has 1 saturated heterocycles. The zero-order valence-corrected chi connectivity index (χ0v) is 32.9. The molecule has 3 atom stereocenters. The lowest BCUT2D eigenvalue weighted by Crippen LogP contribution is -2.41. The molecule has 0 bridgehead atoms. The van der Waals surface area contributed by atoms with Gasteiger partial charge in [0.15, 0.2) is 5.69 Å². The lowest BCUT2D eigenvalue weighted by molar-refractivity contribution is 0.0800. The fraction of sp³-hybridized carbons (Fsp3) is 0.435. The van der Waals surface area contributed by atoms with Crippen molar-refractivity contribution < 1.29 is 24.4 Å². The number of fused-ring (bicyclic) bond motifs is 1. The molecule has 0 radical (unpaired) electrons. The average Bonchev–Trinajstić information content (AvgIpc) is 3.63. The van der Waals surface area contributed by atoms with Crippen molar-refractivity contribution in [1.82, 2.24) is 10.2 Å². The SMILES string of the molecule is [C-]#[N+]c1cc(C#N)cc(COc2cc(OC3CCc4c(-c5cccc(OCCCN6CCC(O)CC6)c5C)cccc43)c(Cl)cc2CN[C@@H]2CCCC[C@@H]2O)c1. The van der Waals surface area contributed by atoms with E-state index in [0.29, 0.717) is 40.9 Å². The first-order valence-corrected chi connectivity index (χ1v) is 20.4. The third-order valence-electron chi connectivity index (χ3n) is 11.5. The molecule has 1 saturated carbocycles. The zero-order chi connectivity index (χ0) is 39.0. The van der Waals surface area contributed by atoms with E-state index in [1.54, 1.807) is 18.2 Å². The maximum absolute atomic E-state index is 10.6. The number of aliphatic hydroxyl groups excluding tert-OH is 2. The van der Waals surface area contributed by atoms with Gasteiger partial charge in [0.1, 0.15) is 30.0 Å². The Morgan fingerprint density at radius 1 is 0.929 bits per heavy atom. The molecule has 2 fully saturated rings. The van der Waals surface area contributed by atoms with Gasteiger partial charge in [-0.05, 0) is 116 Å². The fourth-order valence-electron chi connectivity index (χ4n) is 8.40. The number of piperidine rings is 1. The third-order valence-corrected chi connectivity index (χ3v) is 11.8. The quantitative estimate of drug-likeness (QED) is 0.0861. The first kappa shape index (κ1) is 39.6. The summed E-state index contributed by atoms with van der Waals surface area (Å²) in [5.74, 6) is 2.01. The van der Waals surface area contributed by atoms with E-state index >= 15 is 0 Å². The maximum Gasteiger partial charge on any atom is 0.188 e. The number of hydrogen-bond donors (Lipinski definition) is 3. The zero-order valence-electron chi connectivity index (χ0n) is 32.1. The number of ether oxygens (including phenoxy) is 3. The Kier molecular flexibility index (Phi) is 13.1. The van der Waals surface area contributed by atoms with Crippen molar-refractivity contribution >= 4 is 17.3 Å². The first-order chi connectivity index (χ1) is 27.3. The van der Waals surface area contributed by atoms with Crippen molar-refractivity contribution in [2.24, 2.45) is 0 Å². The Labute approximate surface area is 335 Å². The summed E-state index contributed by atoms with van der Waals surface area (Å²) in [6, 6.07) is 23.6. The molecule has 4 aromatic rings. The summed E-state index contributed by atoms with van der Waals surface area (Å²) in [7, 11) is 0. The van der Waals surface area contributed by atoms with Gasteiger partial charge in [-0.3, -0.25) is 0 Å². The molecule has 4 aromatic carbocycles. The third kappa shape index (κ3) is 9.49. The van der Waals surface area contributed by atoms with Crippen molar-refractivity contribution in [3.8, 4) is 34.4 Å². The molecule has 7 rings (SSSR count). The van der Waals surface area contributed by atoms with Gasteiger partial charge in [0, 0.05) is 49.4 Å². The molecule has 0 amide bonds. The Bertz CT molecular complexity index is 2050. The molecule has 0 spiro atoms. The number of nitrogens with one attached hydrogen (secondary N) is 1. The largest absolute Gasteiger partial charge is 0.493 e. The fourth-order valence-corrected chi connectivity index (χ4v) is 8.63. The molecule has 2 aliphatic carbocycles. The van der Waals surface area contributed by atoms with Gasteiger partial charge in [-0.1, -0.05) is 54.8 Å². The van der Waals surface area contributed by atoms with Crippen LogP contribution in [0.2, 0.25) is 5.02 Å². The first-order valence-electron chi connectivity index (χ1n) is 20.0. The molecule has 0 aromatic heterocycles. The van der Waals surface area contributed by atoms with Crippen molar-refractivity contribution in [3.63, 3.8) is 0 Å². The van der Waals surface area contributed by atoms with Crippen molar-refractivity contribution in [2.45, 2.75) is 102 Å². The highest BCUT2D eigenvalue weighted by atomic mass is 35.5. The average molecular weight is 775 g/mol. The van der Waals surface area contributed by atoms with Gasteiger partial charge in [0.2, 0.25) is 0 Å². The topological polar surface area (TPSA) is 112 Å². The van der Waals surface area contributed by atoms with Crippen molar-refractivity contribution in [3.05, 3.63) is 117 Å². The summed E-state index contributed by atoms with van der Waals surface area (Å²) in [5.41, 5.74) is 8.19. The Morgan fingerprint density at radius 3 is 2.54 bits per heavy atom. The van der Waals surface area contributed by atoms with E-state index < -0.39 is 6.10 Å². The van der Waals surface area contributed by atoms with Gasteiger partial charge in [0.05, 0.1) is 36.5 Å². The van der Waals surface area contributed by atoms with Crippen LogP contribution in [0.1, 0.15) is 90.9 Å². The minimum absolute atomic E-state index is 0.0130. The molecule has 9 nitrogen and oxygen atoms in total. The van der Waals surface area contributed by atoms with Crippen molar-refractivity contribution in [1.29, 1.82) is 5.26 Å². The standard InChI is InChI=1S/C46H51ClN4O5/c1-30-36(8-6-13-43(30)54-21-7-18-51-19-16-35(52)17-20-51)37-9-5-10-39-38(37)14-15-44(39)56-46-26-45(55-29-32-22-31(27-48)23-34(24-32)49-2)33(25-40(46)47)28-50-41-11-3-4-12-42(41)53/h5-6,8-10,13,22-26,35,41-42,44,50,52-53H,3-4,7,11-12,14-21,28-29H2,1H3/t41-,42+,44?/m1/s1. The molecular formula is C46H51ClN4O5. The summed E-state index contributed by atoms with van der Waals surface area (Å²) >= 11 is 6.97. The summed E-state index contributed by atoms with van der Waals surface area (Å²) in [4.78, 5) is 5.94. The number of nitrogens with zero attached hydrogens (tertiary/aromatic N) is 3. The van der Waals surface area contributed by atoms with E-state index in [0.717, 1.165) is 111 Å². The van der Waals surface area contributed by atoms with Gasteiger partial charge >= 0.3 is 0 Å². The van der Waals surface area contributed by atoms with Crippen LogP contribution in [0.5, 0.6) is 17.2 Å². The van der Waals surface area contributed by atoms with E-state index in [2.05, 4.69) is 58.4 Å². The second kappa shape index (κ2) is 18.6. The normalized spacial score (nSPS) is 19.9. The number of halogens is 1. The van der Waals surface area contributed by atoms with Gasteiger partial charge in [-0.25, -0.2) is 4.85 Å². The highest BCUT2D eigenvalue weighted by Crippen LogP contribution is 2.44. The number of likely N-dealkylation sites (tertiary alicyclic amines) is 1. The van der Waals surface area contributed by atoms with Crippen LogP contribution >= 0.6 is 11.6 Å². The Hall–Kier alpha value is -4.61. The number of nitriles is 1. The Balaban J connectivity index is 1.08. The summed E-state index contributed by atoms with van der Waals surface area (Å²) < 4.78 is 19.5. The van der Waals surface area contributed by atoms with Crippen LogP contribution in [0.3, 0.4) is 0 Å². The van der Waals surface area contributed by atoms with Crippen LogP contribution in [0, 0.1) is 24.8 Å². The molecule has 3 aliphatic rings. The molecule has 10 heteroatoms. The minimum atomic E-state index is -0.398. The molecule has 1 heterocycles. The summed E-state index contributed by atoms with van der Waals surface area (Å²) in [6.07, 6.45) is 7.30. The second-order valence-electron chi connectivity index (χ2n) is 15.4. The van der Waals surface area contributed by atoms with Gasteiger partial charge in [0.25, 0.3) is 0 Å². The molecule has 1 aliphatic heterocycles. The van der Waals surface area contributed by atoms with Crippen LogP contribution < -0.4 is 19.5 Å². The number of benzene rings is 4. The summed E-state index contributed by atoms with van der Waals surface area (Å²) in [6.45, 7) is 13.7.